The number of nitrogens with one attached hydrogen (secondary N) is 1. The zero-order valence-corrected chi connectivity index (χ0v) is 28.2. The number of hydrogen-bond acceptors (Lipinski definition) is 5. The highest BCUT2D eigenvalue weighted by Crippen LogP contribution is 2.46. The summed E-state index contributed by atoms with van der Waals surface area (Å²) in [5.74, 6) is 0. The van der Waals surface area contributed by atoms with E-state index in [1.54, 1.807) is 11.3 Å². The zero-order chi connectivity index (χ0) is 33.6. The van der Waals surface area contributed by atoms with E-state index in [1.807, 2.05) is 42.5 Å². The fourth-order valence-corrected chi connectivity index (χ4v) is 7.95. The molecule has 0 bridgehead atoms. The minimum atomic E-state index is 0.716. The Kier molecular flexibility index (Phi) is 7.33. The van der Waals surface area contributed by atoms with Gasteiger partial charge in [0.15, 0.2) is 0 Å². The number of nitrogens with two attached hydrogens (primary N) is 1. The summed E-state index contributed by atoms with van der Waals surface area (Å²) in [5.41, 5.74) is 19.6. The molecule has 4 nitrogen and oxygen atoms in total. The zero-order valence-electron chi connectivity index (χ0n) is 27.4. The van der Waals surface area contributed by atoms with Gasteiger partial charge in [-0.05, 0) is 71.6 Å². The van der Waals surface area contributed by atoms with Crippen molar-refractivity contribution in [1.82, 2.24) is 9.97 Å². The fourth-order valence-electron chi connectivity index (χ4n) is 6.72. The number of para-hydroxylation sites is 2. The first-order valence-corrected chi connectivity index (χ1v) is 17.5. The van der Waals surface area contributed by atoms with Crippen molar-refractivity contribution in [3.8, 4) is 44.1 Å². The van der Waals surface area contributed by atoms with Crippen LogP contribution in [0, 0.1) is 6.92 Å². The van der Waals surface area contributed by atoms with Crippen molar-refractivity contribution in [1.29, 1.82) is 0 Å². The smallest absolute Gasteiger partial charge is 0.0972 e. The van der Waals surface area contributed by atoms with Crippen LogP contribution >= 0.6 is 11.3 Å². The van der Waals surface area contributed by atoms with Gasteiger partial charge in [0.05, 0.1) is 44.4 Å². The number of aryl methyl sites for hydroxylation is 1. The van der Waals surface area contributed by atoms with Crippen molar-refractivity contribution >= 4 is 60.3 Å². The van der Waals surface area contributed by atoms with Gasteiger partial charge in [0.25, 0.3) is 0 Å². The molecule has 0 amide bonds. The Hall–Kier alpha value is -6.30. The largest absolute Gasteiger partial charge is 0.397 e. The number of aromatic nitrogens is 2. The van der Waals surface area contributed by atoms with E-state index in [1.165, 1.54) is 20.7 Å². The number of nitrogens with zero attached hydrogens (tertiary/aromatic N) is 2. The van der Waals surface area contributed by atoms with Gasteiger partial charge in [-0.3, -0.25) is 0 Å². The highest BCUT2D eigenvalue weighted by molar-refractivity contribution is 7.23. The summed E-state index contributed by atoms with van der Waals surface area (Å²) in [6.07, 6.45) is 0. The van der Waals surface area contributed by atoms with Crippen molar-refractivity contribution < 1.29 is 0 Å². The average Bonchev–Trinajstić information content (AvgIpc) is 3.52. The van der Waals surface area contributed by atoms with Crippen LogP contribution in [0.4, 0.5) is 17.1 Å². The first-order valence-electron chi connectivity index (χ1n) is 16.7. The predicted molar refractivity (Wildman–Crippen MR) is 213 cm³/mol. The molecule has 5 heteroatoms. The van der Waals surface area contributed by atoms with Crippen LogP contribution in [0.25, 0.3) is 76.0 Å². The van der Waals surface area contributed by atoms with E-state index in [-0.39, 0.29) is 0 Å². The van der Waals surface area contributed by atoms with Gasteiger partial charge in [0, 0.05) is 32.0 Å². The highest BCUT2D eigenvalue weighted by Gasteiger charge is 2.18. The van der Waals surface area contributed by atoms with Gasteiger partial charge in [-0.15, -0.1) is 11.3 Å². The van der Waals surface area contributed by atoms with Crippen LogP contribution in [0.3, 0.4) is 0 Å². The van der Waals surface area contributed by atoms with E-state index in [0.717, 1.165) is 72.2 Å². The molecule has 3 aromatic heterocycles. The number of nitrogen functional groups attached to an aromatic ring is 1. The molecule has 0 atom stereocenters. The number of benzene rings is 6. The highest BCUT2D eigenvalue weighted by atomic mass is 32.1. The number of hydrogen-bond donors (Lipinski definition) is 2. The van der Waals surface area contributed by atoms with Crippen molar-refractivity contribution in [3.05, 3.63) is 163 Å². The third kappa shape index (κ3) is 5.34. The average molecular weight is 661 g/mol. The molecule has 0 radical (unpaired) electrons. The third-order valence-corrected chi connectivity index (χ3v) is 10.6. The number of pyridine rings is 2. The lowest BCUT2D eigenvalue weighted by molar-refractivity contribution is 1.36. The molecular weight excluding hydrogens is 629 g/mol. The second-order valence-corrected chi connectivity index (χ2v) is 13.6. The summed E-state index contributed by atoms with van der Waals surface area (Å²) in [6, 6.07) is 55.0. The lowest BCUT2D eigenvalue weighted by Gasteiger charge is -2.13. The quantitative estimate of drug-likeness (QED) is 0.138. The van der Waals surface area contributed by atoms with Crippen LogP contribution in [-0.4, -0.2) is 9.97 Å². The van der Waals surface area contributed by atoms with E-state index < -0.39 is 0 Å². The predicted octanol–water partition coefficient (Wildman–Crippen LogP) is 12.3. The molecule has 0 aliphatic rings. The molecule has 0 fully saturated rings. The van der Waals surface area contributed by atoms with Crippen LogP contribution in [0.1, 0.15) is 5.56 Å². The van der Waals surface area contributed by atoms with Crippen LogP contribution < -0.4 is 11.1 Å². The van der Waals surface area contributed by atoms with Gasteiger partial charge in [-0.1, -0.05) is 115 Å². The number of rotatable bonds is 6. The fraction of sp³-hybridized carbons (Fsp3) is 0.0222. The van der Waals surface area contributed by atoms with E-state index in [2.05, 4.69) is 128 Å². The Morgan fingerprint density at radius 2 is 1.16 bits per heavy atom. The van der Waals surface area contributed by atoms with Gasteiger partial charge in [0.2, 0.25) is 0 Å². The number of fused-ring (bicyclic) bond motifs is 4. The van der Waals surface area contributed by atoms with Gasteiger partial charge < -0.3 is 11.1 Å². The van der Waals surface area contributed by atoms with Crippen molar-refractivity contribution in [2.75, 3.05) is 11.1 Å². The second kappa shape index (κ2) is 12.3. The maximum Gasteiger partial charge on any atom is 0.0972 e. The Morgan fingerprint density at radius 1 is 0.540 bits per heavy atom. The van der Waals surface area contributed by atoms with Gasteiger partial charge in [0.1, 0.15) is 0 Å². The molecule has 0 saturated carbocycles. The molecular formula is C45H32N4S. The lowest BCUT2D eigenvalue weighted by atomic mass is 9.99. The first kappa shape index (κ1) is 29.8. The van der Waals surface area contributed by atoms with Crippen molar-refractivity contribution in [2.24, 2.45) is 0 Å². The van der Waals surface area contributed by atoms with Crippen LogP contribution in [0.2, 0.25) is 0 Å². The number of thiophene rings is 1. The second-order valence-electron chi connectivity index (χ2n) is 12.6. The monoisotopic (exact) mass is 660 g/mol. The van der Waals surface area contributed by atoms with Crippen LogP contribution in [0.15, 0.2) is 158 Å². The minimum absolute atomic E-state index is 0.716. The standard InChI is InChI=1S/C45H32N4S/c1-28-10-5-6-15-35(28)45-44(49-40-17-8-7-16-37(40)46)36-27-33(22-25-41(36)50-45)32-13-9-14-34(26-32)39-24-21-31-19-18-30-20-23-38(29-11-3-2-4-12-29)47-42(30)43(31)48-39/h2-27,49H,46H2,1H3. The third-order valence-electron chi connectivity index (χ3n) is 9.38. The molecule has 9 rings (SSSR count). The molecule has 0 spiro atoms. The van der Waals surface area contributed by atoms with Crippen LogP contribution in [-0.2, 0) is 0 Å². The minimum Gasteiger partial charge on any atom is -0.397 e. The molecule has 3 N–H and O–H groups in total. The lowest BCUT2D eigenvalue weighted by Crippen LogP contribution is -1.96. The molecule has 3 heterocycles. The number of anilines is 3. The maximum atomic E-state index is 6.42. The molecule has 0 aliphatic carbocycles. The van der Waals surface area contributed by atoms with E-state index in [9.17, 15) is 0 Å². The summed E-state index contributed by atoms with van der Waals surface area (Å²) in [6.45, 7) is 2.17. The van der Waals surface area contributed by atoms with E-state index >= 15 is 0 Å². The molecule has 0 saturated heterocycles. The van der Waals surface area contributed by atoms with Gasteiger partial charge in [-0.25, -0.2) is 9.97 Å². The SMILES string of the molecule is Cc1ccccc1-c1sc2ccc(-c3cccc(-c4ccc5ccc6ccc(-c7ccccc7)nc6c5n4)c3)cc2c1Nc1ccccc1N. The summed E-state index contributed by atoms with van der Waals surface area (Å²) in [7, 11) is 0. The molecule has 6 aromatic carbocycles. The molecule has 238 valence electrons. The summed E-state index contributed by atoms with van der Waals surface area (Å²) in [5, 5.41) is 7.03. The Labute approximate surface area is 294 Å². The van der Waals surface area contributed by atoms with Gasteiger partial charge in [-0.2, -0.15) is 0 Å². The van der Waals surface area contributed by atoms with Crippen molar-refractivity contribution in [3.63, 3.8) is 0 Å². The Balaban J connectivity index is 1.15. The molecule has 50 heavy (non-hydrogen) atoms. The topological polar surface area (TPSA) is 63.8 Å². The van der Waals surface area contributed by atoms with Crippen molar-refractivity contribution in [2.45, 2.75) is 6.92 Å². The van der Waals surface area contributed by atoms with Crippen LogP contribution in [0.5, 0.6) is 0 Å². The molecule has 0 unspecified atom stereocenters. The van der Waals surface area contributed by atoms with E-state index in [4.69, 9.17) is 15.7 Å². The maximum absolute atomic E-state index is 6.42. The Morgan fingerprint density at radius 3 is 1.92 bits per heavy atom. The summed E-state index contributed by atoms with van der Waals surface area (Å²) in [4.78, 5) is 11.5. The van der Waals surface area contributed by atoms with E-state index in [0.29, 0.717) is 5.69 Å². The summed E-state index contributed by atoms with van der Waals surface area (Å²) >= 11 is 1.80. The summed E-state index contributed by atoms with van der Waals surface area (Å²) < 4.78 is 1.21. The van der Waals surface area contributed by atoms with Gasteiger partial charge >= 0.3 is 0 Å². The molecule has 0 aliphatic heterocycles. The first-order chi connectivity index (χ1) is 24.6. The normalized spacial score (nSPS) is 11.4. The Bertz CT molecular complexity index is 2710. The molecule has 9 aromatic rings.